The molecule has 0 aromatic heterocycles. The zero-order valence-electron chi connectivity index (χ0n) is 17.1. The number of aliphatic hydroxyl groups excluding tert-OH is 1. The van der Waals surface area contributed by atoms with Crippen molar-refractivity contribution in [3.63, 3.8) is 0 Å². The molecular weight excluding hydrogens is 396 g/mol. The Balaban J connectivity index is 1.54. The van der Waals surface area contributed by atoms with Crippen LogP contribution in [-0.4, -0.2) is 59.6 Å². The van der Waals surface area contributed by atoms with E-state index in [9.17, 15) is 14.7 Å². The lowest BCUT2D eigenvalue weighted by Gasteiger charge is -2.27. The molecule has 2 fully saturated rings. The summed E-state index contributed by atoms with van der Waals surface area (Å²) in [5.41, 5.74) is 1.32. The molecule has 3 aliphatic rings. The molecule has 2 saturated heterocycles. The number of carbonyl (C=O) groups is 2. The van der Waals surface area contributed by atoms with E-state index in [0.29, 0.717) is 30.2 Å². The number of ketones is 1. The molecular formula is C24H24N2O5. The van der Waals surface area contributed by atoms with Gasteiger partial charge in [-0.1, -0.05) is 30.3 Å². The maximum Gasteiger partial charge on any atom is 0.295 e. The lowest BCUT2D eigenvalue weighted by Crippen LogP contribution is -2.37. The van der Waals surface area contributed by atoms with Gasteiger partial charge in [0.25, 0.3) is 11.7 Å². The molecule has 0 aliphatic carbocycles. The number of fused-ring (bicyclic) bond motifs is 1. The Morgan fingerprint density at radius 3 is 2.48 bits per heavy atom. The number of ether oxygens (including phenoxy) is 2. The van der Waals surface area contributed by atoms with Gasteiger partial charge in [-0.15, -0.1) is 0 Å². The molecule has 2 aromatic carbocycles. The highest BCUT2D eigenvalue weighted by atomic mass is 16.7. The first kappa shape index (κ1) is 19.6. The second-order valence-corrected chi connectivity index (χ2v) is 8.02. The van der Waals surface area contributed by atoms with Gasteiger partial charge >= 0.3 is 0 Å². The number of hydrogen-bond acceptors (Lipinski definition) is 6. The minimum Gasteiger partial charge on any atom is -0.507 e. The molecule has 1 amide bonds. The number of Topliss-reactive ketones (excluding diaryl/α,β-unsaturated/α-hetero) is 1. The molecule has 0 radical (unpaired) electrons. The van der Waals surface area contributed by atoms with E-state index in [0.717, 1.165) is 31.5 Å². The number of rotatable bonds is 5. The van der Waals surface area contributed by atoms with Crippen LogP contribution in [0.15, 0.2) is 54.1 Å². The van der Waals surface area contributed by atoms with Crippen LogP contribution in [0.3, 0.4) is 0 Å². The third kappa shape index (κ3) is 3.55. The van der Waals surface area contributed by atoms with Crippen molar-refractivity contribution >= 4 is 17.4 Å². The molecule has 3 heterocycles. The van der Waals surface area contributed by atoms with Gasteiger partial charge in [0.15, 0.2) is 11.5 Å². The van der Waals surface area contributed by atoms with Crippen LogP contribution in [0.4, 0.5) is 0 Å². The first-order chi connectivity index (χ1) is 15.1. The molecule has 3 aliphatic heterocycles. The summed E-state index contributed by atoms with van der Waals surface area (Å²) in [6, 6.07) is 13.8. The van der Waals surface area contributed by atoms with Gasteiger partial charge in [-0.25, -0.2) is 0 Å². The zero-order chi connectivity index (χ0) is 21.4. The second kappa shape index (κ2) is 8.07. The number of hydrogen-bond donors (Lipinski definition) is 1. The fourth-order valence-electron chi connectivity index (χ4n) is 4.55. The van der Waals surface area contributed by atoms with E-state index in [4.69, 9.17) is 9.47 Å². The Labute approximate surface area is 180 Å². The first-order valence-electron chi connectivity index (χ1n) is 10.6. The van der Waals surface area contributed by atoms with E-state index in [-0.39, 0.29) is 18.1 Å². The van der Waals surface area contributed by atoms with Crippen LogP contribution in [0.2, 0.25) is 0 Å². The molecule has 31 heavy (non-hydrogen) atoms. The molecule has 1 N–H and O–H groups in total. The van der Waals surface area contributed by atoms with Gasteiger partial charge < -0.3 is 24.4 Å². The summed E-state index contributed by atoms with van der Waals surface area (Å²) in [4.78, 5) is 30.0. The lowest BCUT2D eigenvalue weighted by atomic mass is 9.95. The topological polar surface area (TPSA) is 79.3 Å². The van der Waals surface area contributed by atoms with E-state index in [2.05, 4.69) is 4.90 Å². The highest BCUT2D eigenvalue weighted by Gasteiger charge is 2.46. The number of carbonyl (C=O) groups excluding carboxylic acids is 2. The second-order valence-electron chi connectivity index (χ2n) is 8.02. The fourth-order valence-corrected chi connectivity index (χ4v) is 4.55. The molecule has 0 bridgehead atoms. The standard InChI is InChI=1S/C24H24N2O5/c27-22(17-8-9-18-19(14-17)31-15-30-18)20-21(16-6-2-1-3-7-16)26(24(29)23(20)28)13-12-25-10-4-5-11-25/h1-3,6-9,14,21,27H,4-5,10-13,15H2/b22-20+. The molecule has 2 aromatic rings. The van der Waals surface area contributed by atoms with Crippen LogP contribution in [-0.2, 0) is 9.59 Å². The number of likely N-dealkylation sites (tertiary alicyclic amines) is 2. The molecule has 0 saturated carbocycles. The maximum atomic E-state index is 13.1. The van der Waals surface area contributed by atoms with Crippen molar-refractivity contribution in [2.45, 2.75) is 18.9 Å². The predicted octanol–water partition coefficient (Wildman–Crippen LogP) is 2.93. The van der Waals surface area contributed by atoms with Gasteiger partial charge in [-0.2, -0.15) is 0 Å². The molecule has 1 unspecified atom stereocenters. The molecule has 160 valence electrons. The highest BCUT2D eigenvalue weighted by Crippen LogP contribution is 2.41. The number of benzene rings is 2. The van der Waals surface area contributed by atoms with Crippen LogP contribution in [0, 0.1) is 0 Å². The minimum atomic E-state index is -0.662. The average molecular weight is 420 g/mol. The summed E-state index contributed by atoms with van der Waals surface area (Å²) in [5, 5.41) is 11.1. The summed E-state index contributed by atoms with van der Waals surface area (Å²) in [6.45, 7) is 3.28. The monoisotopic (exact) mass is 420 g/mol. The van der Waals surface area contributed by atoms with Crippen LogP contribution in [0.1, 0.15) is 30.0 Å². The Hall–Kier alpha value is -3.32. The SMILES string of the molecule is O=C1C(=O)N(CCN2CCCC2)C(c2ccccc2)/C1=C(\O)c1ccc2c(c1)OCO2. The normalized spacial score (nSPS) is 22.5. The summed E-state index contributed by atoms with van der Waals surface area (Å²) in [7, 11) is 0. The van der Waals surface area contributed by atoms with E-state index < -0.39 is 17.7 Å². The van der Waals surface area contributed by atoms with Crippen molar-refractivity contribution in [3.05, 3.63) is 65.2 Å². The molecule has 7 nitrogen and oxygen atoms in total. The van der Waals surface area contributed by atoms with Gasteiger partial charge in [0, 0.05) is 18.7 Å². The van der Waals surface area contributed by atoms with Crippen molar-refractivity contribution < 1.29 is 24.2 Å². The first-order valence-corrected chi connectivity index (χ1v) is 10.6. The Morgan fingerprint density at radius 2 is 1.71 bits per heavy atom. The smallest absolute Gasteiger partial charge is 0.295 e. The van der Waals surface area contributed by atoms with E-state index in [1.165, 1.54) is 0 Å². The van der Waals surface area contributed by atoms with Crippen LogP contribution < -0.4 is 9.47 Å². The van der Waals surface area contributed by atoms with Crippen molar-refractivity contribution in [2.75, 3.05) is 33.0 Å². The van der Waals surface area contributed by atoms with Gasteiger partial charge in [-0.05, 0) is 49.7 Å². The highest BCUT2D eigenvalue weighted by molar-refractivity contribution is 6.46. The van der Waals surface area contributed by atoms with Gasteiger partial charge in [0.05, 0.1) is 11.6 Å². The lowest BCUT2D eigenvalue weighted by molar-refractivity contribution is -0.140. The molecule has 1 atom stereocenters. The number of nitrogens with zero attached hydrogens (tertiary/aromatic N) is 2. The maximum absolute atomic E-state index is 13.1. The van der Waals surface area contributed by atoms with Crippen LogP contribution >= 0.6 is 0 Å². The van der Waals surface area contributed by atoms with Gasteiger partial charge in [0.1, 0.15) is 5.76 Å². The third-order valence-electron chi connectivity index (χ3n) is 6.16. The zero-order valence-corrected chi connectivity index (χ0v) is 17.1. The fraction of sp³-hybridized carbons (Fsp3) is 0.333. The summed E-state index contributed by atoms with van der Waals surface area (Å²) in [5.74, 6) is -0.347. The molecule has 7 heteroatoms. The Morgan fingerprint density at radius 1 is 0.968 bits per heavy atom. The van der Waals surface area contributed by atoms with Crippen molar-refractivity contribution in [2.24, 2.45) is 0 Å². The van der Waals surface area contributed by atoms with Crippen LogP contribution in [0.25, 0.3) is 5.76 Å². The Bertz CT molecular complexity index is 1040. The predicted molar refractivity (Wildman–Crippen MR) is 114 cm³/mol. The van der Waals surface area contributed by atoms with Crippen molar-refractivity contribution in [1.29, 1.82) is 0 Å². The number of amides is 1. The summed E-state index contributed by atoms with van der Waals surface area (Å²) < 4.78 is 10.7. The van der Waals surface area contributed by atoms with E-state index >= 15 is 0 Å². The molecule has 0 spiro atoms. The average Bonchev–Trinajstić information content (AvgIpc) is 3.53. The van der Waals surface area contributed by atoms with Gasteiger partial charge in [0.2, 0.25) is 6.79 Å². The van der Waals surface area contributed by atoms with Crippen molar-refractivity contribution in [3.8, 4) is 11.5 Å². The van der Waals surface area contributed by atoms with E-state index in [1.807, 2.05) is 30.3 Å². The Kier molecular flexibility index (Phi) is 5.11. The minimum absolute atomic E-state index is 0.108. The van der Waals surface area contributed by atoms with Crippen LogP contribution in [0.5, 0.6) is 11.5 Å². The van der Waals surface area contributed by atoms with Crippen molar-refractivity contribution in [1.82, 2.24) is 9.80 Å². The summed E-state index contributed by atoms with van der Waals surface area (Å²) in [6.07, 6.45) is 2.32. The van der Waals surface area contributed by atoms with Gasteiger partial charge in [-0.3, -0.25) is 9.59 Å². The summed E-state index contributed by atoms with van der Waals surface area (Å²) >= 11 is 0. The molecule has 5 rings (SSSR count). The van der Waals surface area contributed by atoms with E-state index in [1.54, 1.807) is 23.1 Å². The number of aliphatic hydroxyl groups is 1. The quantitative estimate of drug-likeness (QED) is 0.455. The third-order valence-corrected chi connectivity index (χ3v) is 6.16. The largest absolute Gasteiger partial charge is 0.507 e.